The van der Waals surface area contributed by atoms with Gasteiger partial charge in [-0.15, -0.1) is 0 Å². The third-order valence-electron chi connectivity index (χ3n) is 5.26. The lowest BCUT2D eigenvalue weighted by molar-refractivity contribution is -0.153. The number of amides is 1. The summed E-state index contributed by atoms with van der Waals surface area (Å²) in [4.78, 5) is 31.8. The fourth-order valence-corrected chi connectivity index (χ4v) is 4.04. The molecule has 1 aromatic heterocycles. The van der Waals surface area contributed by atoms with Gasteiger partial charge < -0.3 is 15.0 Å². The summed E-state index contributed by atoms with van der Waals surface area (Å²) in [7, 11) is 0. The number of aromatic amines is 1. The summed E-state index contributed by atoms with van der Waals surface area (Å²) in [5.74, 6) is -0.702. The van der Waals surface area contributed by atoms with Crippen LogP contribution in [-0.4, -0.2) is 27.4 Å². The van der Waals surface area contributed by atoms with E-state index in [0.29, 0.717) is 16.9 Å². The zero-order chi connectivity index (χ0) is 17.4. The van der Waals surface area contributed by atoms with Crippen LogP contribution in [0.4, 0.5) is 4.39 Å². The second-order valence-electron chi connectivity index (χ2n) is 6.92. The molecule has 4 rings (SSSR count). The largest absolute Gasteiger partial charge is 0.458 e. The summed E-state index contributed by atoms with van der Waals surface area (Å²) < 4.78 is 18.8. The number of esters is 1. The molecule has 2 heterocycles. The van der Waals surface area contributed by atoms with Crippen molar-refractivity contribution in [3.63, 3.8) is 0 Å². The second kappa shape index (κ2) is 6.13. The van der Waals surface area contributed by atoms with Crippen LogP contribution < -0.4 is 5.32 Å². The third-order valence-corrected chi connectivity index (χ3v) is 5.26. The molecule has 1 atom stereocenters. The van der Waals surface area contributed by atoms with Gasteiger partial charge in [0, 0.05) is 0 Å². The van der Waals surface area contributed by atoms with Gasteiger partial charge in [0.25, 0.3) is 0 Å². The molecule has 1 spiro atoms. The lowest BCUT2D eigenvalue weighted by Gasteiger charge is -2.35. The fourth-order valence-electron chi connectivity index (χ4n) is 4.04. The molecule has 0 bridgehead atoms. The minimum Gasteiger partial charge on any atom is -0.458 e. The number of nitrogens with zero attached hydrogens (tertiary/aromatic N) is 1. The van der Waals surface area contributed by atoms with Crippen LogP contribution in [0.1, 0.15) is 44.3 Å². The van der Waals surface area contributed by atoms with Crippen molar-refractivity contribution in [3.8, 4) is 0 Å². The molecule has 1 saturated carbocycles. The number of benzene rings is 1. The number of ether oxygens (including phenoxy) is 1. The van der Waals surface area contributed by atoms with Gasteiger partial charge in [0.05, 0.1) is 29.9 Å². The van der Waals surface area contributed by atoms with Gasteiger partial charge in [-0.05, 0) is 43.9 Å². The highest BCUT2D eigenvalue weighted by molar-refractivity contribution is 5.88. The van der Waals surface area contributed by atoms with E-state index in [1.54, 1.807) is 6.07 Å². The minimum absolute atomic E-state index is 0.136. The van der Waals surface area contributed by atoms with Crippen LogP contribution in [0.3, 0.4) is 0 Å². The van der Waals surface area contributed by atoms with E-state index in [2.05, 4.69) is 15.3 Å². The van der Waals surface area contributed by atoms with Gasteiger partial charge in [-0.25, -0.2) is 9.37 Å². The third kappa shape index (κ3) is 2.99. The number of nitrogens with one attached hydrogen (secondary N) is 2. The van der Waals surface area contributed by atoms with Crippen molar-refractivity contribution >= 4 is 22.9 Å². The summed E-state index contributed by atoms with van der Waals surface area (Å²) in [5, 5.41) is 2.85. The molecule has 1 aromatic carbocycles. The number of fused-ring (bicyclic) bond motifs is 1. The Morgan fingerprint density at radius 3 is 2.96 bits per heavy atom. The lowest BCUT2D eigenvalue weighted by atomic mass is 9.75. The number of carbonyl (C=O) groups excluding carboxylic acids is 2. The standard InChI is InChI=1S/C18H20FN3O3/c19-11-4-5-13-14(8-11)22-15(21-13)10-20-17(24)12-9-16(23)25-18(12)6-2-1-3-7-18/h4-5,8,12H,1-3,6-7,9-10H2,(H,20,24)(H,21,22). The number of hydrogen-bond donors (Lipinski definition) is 2. The number of hydrogen-bond acceptors (Lipinski definition) is 4. The number of rotatable bonds is 3. The first-order valence-corrected chi connectivity index (χ1v) is 8.69. The number of imidazole rings is 1. The number of H-pyrrole nitrogens is 1. The molecule has 1 amide bonds. The van der Waals surface area contributed by atoms with Crippen molar-refractivity contribution in [2.24, 2.45) is 5.92 Å². The number of aromatic nitrogens is 2. The SMILES string of the molecule is O=C1CC(C(=O)NCc2nc3ccc(F)cc3[nH]2)C2(CCCCC2)O1. The van der Waals surface area contributed by atoms with E-state index in [-0.39, 0.29) is 30.7 Å². The molecule has 2 fully saturated rings. The summed E-state index contributed by atoms with van der Waals surface area (Å²) in [5.41, 5.74) is 0.609. The quantitative estimate of drug-likeness (QED) is 0.838. The Morgan fingerprint density at radius 1 is 1.36 bits per heavy atom. The Balaban J connectivity index is 1.46. The topological polar surface area (TPSA) is 84.1 Å². The molecular formula is C18H20FN3O3. The maximum atomic E-state index is 13.2. The minimum atomic E-state index is -0.629. The van der Waals surface area contributed by atoms with Crippen LogP contribution in [0.15, 0.2) is 18.2 Å². The van der Waals surface area contributed by atoms with Gasteiger partial charge in [-0.1, -0.05) is 6.42 Å². The lowest BCUT2D eigenvalue weighted by Crippen LogP contribution is -2.45. The summed E-state index contributed by atoms with van der Waals surface area (Å²) in [6, 6.07) is 4.31. The van der Waals surface area contributed by atoms with Gasteiger partial charge >= 0.3 is 5.97 Å². The Bertz CT molecular complexity index is 826. The highest BCUT2D eigenvalue weighted by atomic mass is 19.1. The molecule has 2 N–H and O–H groups in total. The van der Waals surface area contributed by atoms with Crippen LogP contribution in [0.25, 0.3) is 11.0 Å². The average Bonchev–Trinajstić information content (AvgIpc) is 3.13. The fraction of sp³-hybridized carbons (Fsp3) is 0.500. The van der Waals surface area contributed by atoms with Crippen LogP contribution >= 0.6 is 0 Å². The molecule has 2 aliphatic rings. The van der Waals surface area contributed by atoms with Crippen LogP contribution in [0.5, 0.6) is 0 Å². The summed E-state index contributed by atoms with van der Waals surface area (Å²) in [6.07, 6.45) is 4.71. The van der Waals surface area contributed by atoms with Crippen LogP contribution in [0.2, 0.25) is 0 Å². The van der Waals surface area contributed by atoms with E-state index >= 15 is 0 Å². The van der Waals surface area contributed by atoms with E-state index in [1.807, 2.05) is 0 Å². The molecule has 1 unspecified atom stereocenters. The van der Waals surface area contributed by atoms with Gasteiger partial charge in [0.1, 0.15) is 17.2 Å². The zero-order valence-electron chi connectivity index (χ0n) is 13.8. The predicted octanol–water partition coefficient (Wildman–Crippen LogP) is 2.58. The molecule has 7 heteroatoms. The Hall–Kier alpha value is -2.44. The van der Waals surface area contributed by atoms with Gasteiger partial charge in [-0.3, -0.25) is 9.59 Å². The predicted molar refractivity (Wildman–Crippen MR) is 87.9 cm³/mol. The molecule has 1 aliphatic carbocycles. The van der Waals surface area contributed by atoms with Crippen molar-refractivity contribution in [2.45, 2.75) is 50.7 Å². The molecular weight excluding hydrogens is 325 g/mol. The van der Waals surface area contributed by atoms with Crippen molar-refractivity contribution < 1.29 is 18.7 Å². The molecule has 2 aromatic rings. The highest BCUT2D eigenvalue weighted by Gasteiger charge is 2.52. The Morgan fingerprint density at radius 2 is 2.16 bits per heavy atom. The maximum Gasteiger partial charge on any atom is 0.307 e. The maximum absolute atomic E-state index is 13.2. The first kappa shape index (κ1) is 16.1. The van der Waals surface area contributed by atoms with Crippen molar-refractivity contribution in [2.75, 3.05) is 0 Å². The Kier molecular flexibility index (Phi) is 3.94. The highest BCUT2D eigenvalue weighted by Crippen LogP contribution is 2.44. The number of carbonyl (C=O) groups is 2. The van der Waals surface area contributed by atoms with E-state index in [9.17, 15) is 14.0 Å². The normalized spacial score (nSPS) is 22.3. The van der Waals surface area contributed by atoms with Crippen LogP contribution in [0, 0.1) is 11.7 Å². The molecule has 1 saturated heterocycles. The molecule has 0 radical (unpaired) electrons. The van der Waals surface area contributed by atoms with Gasteiger partial charge in [0.15, 0.2) is 0 Å². The van der Waals surface area contributed by atoms with E-state index < -0.39 is 11.5 Å². The van der Waals surface area contributed by atoms with E-state index in [4.69, 9.17) is 4.74 Å². The first-order chi connectivity index (χ1) is 12.1. The molecule has 25 heavy (non-hydrogen) atoms. The Labute approximate surface area is 144 Å². The average molecular weight is 345 g/mol. The summed E-state index contributed by atoms with van der Waals surface area (Å²) >= 11 is 0. The number of halogens is 1. The monoisotopic (exact) mass is 345 g/mol. The van der Waals surface area contributed by atoms with Gasteiger partial charge in [-0.2, -0.15) is 0 Å². The van der Waals surface area contributed by atoms with Gasteiger partial charge in [0.2, 0.25) is 5.91 Å². The first-order valence-electron chi connectivity index (χ1n) is 8.69. The molecule has 1 aliphatic heterocycles. The molecule has 132 valence electrons. The zero-order valence-corrected chi connectivity index (χ0v) is 13.8. The smallest absolute Gasteiger partial charge is 0.307 e. The van der Waals surface area contributed by atoms with E-state index in [1.165, 1.54) is 12.1 Å². The molecule has 6 nitrogen and oxygen atoms in total. The van der Waals surface area contributed by atoms with Crippen LogP contribution in [-0.2, 0) is 20.9 Å². The van der Waals surface area contributed by atoms with Crippen molar-refractivity contribution in [1.82, 2.24) is 15.3 Å². The van der Waals surface area contributed by atoms with E-state index in [0.717, 1.165) is 32.1 Å². The van der Waals surface area contributed by atoms with Crippen molar-refractivity contribution in [1.29, 1.82) is 0 Å². The summed E-state index contributed by atoms with van der Waals surface area (Å²) in [6.45, 7) is 0.204. The van der Waals surface area contributed by atoms with Crippen molar-refractivity contribution in [3.05, 3.63) is 29.8 Å². The second-order valence-corrected chi connectivity index (χ2v) is 6.92.